The summed E-state index contributed by atoms with van der Waals surface area (Å²) in [5.41, 5.74) is 1.35. The van der Waals surface area contributed by atoms with Crippen LogP contribution in [0.5, 0.6) is 0 Å². The van der Waals surface area contributed by atoms with Crippen molar-refractivity contribution >= 4 is 17.7 Å². The molecular formula is C17H19N3O3S. The maximum Gasteiger partial charge on any atom is 0.276 e. The van der Waals surface area contributed by atoms with Crippen molar-refractivity contribution in [3.8, 4) is 0 Å². The second-order valence-electron chi connectivity index (χ2n) is 6.44. The van der Waals surface area contributed by atoms with E-state index >= 15 is 0 Å². The maximum atomic E-state index is 12.3. The first-order valence-corrected chi connectivity index (χ1v) is 9.00. The summed E-state index contributed by atoms with van der Waals surface area (Å²) < 4.78 is 11.1. The van der Waals surface area contributed by atoms with Crippen LogP contribution in [0.25, 0.3) is 0 Å². The molecule has 0 radical (unpaired) electrons. The third kappa shape index (κ3) is 3.06. The normalized spacial score (nSPS) is 21.9. The van der Waals surface area contributed by atoms with Gasteiger partial charge in [-0.3, -0.25) is 9.78 Å². The number of likely N-dealkylation sites (tertiary alicyclic amines) is 1. The Labute approximate surface area is 144 Å². The molecule has 0 N–H and O–H groups in total. The van der Waals surface area contributed by atoms with Gasteiger partial charge in [0.2, 0.25) is 0 Å². The quantitative estimate of drug-likeness (QED) is 0.847. The molecule has 1 spiro atoms. The Balaban J connectivity index is 1.28. The fraction of sp³-hybridized carbons (Fsp3) is 0.471. The zero-order valence-electron chi connectivity index (χ0n) is 13.5. The Bertz CT molecular complexity index is 728. The molecule has 2 aromatic heterocycles. The van der Waals surface area contributed by atoms with E-state index < -0.39 is 0 Å². The van der Waals surface area contributed by atoms with Crippen molar-refractivity contribution in [2.75, 3.05) is 18.8 Å². The van der Waals surface area contributed by atoms with Gasteiger partial charge in [-0.15, -0.1) is 11.8 Å². The van der Waals surface area contributed by atoms with Gasteiger partial charge in [0.05, 0.1) is 23.2 Å². The Morgan fingerprint density at radius 2 is 2.38 bits per heavy atom. The lowest BCUT2D eigenvalue weighted by molar-refractivity contribution is 0.0241. The predicted octanol–water partition coefficient (Wildman–Crippen LogP) is 2.29. The second-order valence-corrected chi connectivity index (χ2v) is 7.92. The third-order valence-corrected chi connectivity index (χ3v) is 6.04. The summed E-state index contributed by atoms with van der Waals surface area (Å²) in [6.45, 7) is 3.85. The van der Waals surface area contributed by atoms with E-state index in [-0.39, 0.29) is 16.8 Å². The first-order chi connectivity index (χ1) is 11.6. The molecule has 4 heterocycles. The number of amides is 1. The Morgan fingerprint density at radius 3 is 3.08 bits per heavy atom. The Hall–Kier alpha value is -1.86. The van der Waals surface area contributed by atoms with Crippen LogP contribution in [0.1, 0.15) is 28.4 Å². The summed E-state index contributed by atoms with van der Waals surface area (Å²) in [6, 6.07) is 7.53. The maximum absolute atomic E-state index is 12.3. The molecule has 2 aromatic rings. The van der Waals surface area contributed by atoms with E-state index in [2.05, 4.69) is 10.1 Å². The Kier molecular flexibility index (Phi) is 4.05. The second kappa shape index (κ2) is 6.22. The van der Waals surface area contributed by atoms with Gasteiger partial charge in [-0.2, -0.15) is 0 Å². The summed E-state index contributed by atoms with van der Waals surface area (Å²) in [5.74, 6) is 1.58. The van der Waals surface area contributed by atoms with Crippen molar-refractivity contribution < 1.29 is 14.1 Å². The molecule has 0 aliphatic carbocycles. The van der Waals surface area contributed by atoms with Crippen LogP contribution in [0.4, 0.5) is 0 Å². The molecule has 1 unspecified atom stereocenters. The molecular weight excluding hydrogens is 326 g/mol. The molecule has 1 atom stereocenters. The zero-order valence-corrected chi connectivity index (χ0v) is 14.3. The number of carbonyl (C=O) groups is 1. The zero-order chi connectivity index (χ0) is 16.6. The number of hydrogen-bond acceptors (Lipinski definition) is 6. The number of aromatic nitrogens is 2. The van der Waals surface area contributed by atoms with Crippen LogP contribution >= 0.6 is 11.8 Å². The fourth-order valence-corrected chi connectivity index (χ4v) is 4.79. The van der Waals surface area contributed by atoms with Crippen LogP contribution < -0.4 is 0 Å². The highest BCUT2D eigenvalue weighted by molar-refractivity contribution is 8.01. The molecule has 2 aliphatic rings. The molecule has 4 rings (SSSR count). The van der Waals surface area contributed by atoms with Gasteiger partial charge in [-0.25, -0.2) is 0 Å². The largest absolute Gasteiger partial charge is 0.371 e. The molecule has 7 heteroatoms. The van der Waals surface area contributed by atoms with Gasteiger partial charge in [0.25, 0.3) is 5.91 Å². The highest BCUT2D eigenvalue weighted by Gasteiger charge is 2.51. The lowest BCUT2D eigenvalue weighted by atomic mass is 9.92. The minimum absolute atomic E-state index is 0.0454. The van der Waals surface area contributed by atoms with Gasteiger partial charge in [-0.05, 0) is 25.5 Å². The molecule has 6 nitrogen and oxygen atoms in total. The fourth-order valence-electron chi connectivity index (χ4n) is 3.24. The van der Waals surface area contributed by atoms with Gasteiger partial charge < -0.3 is 14.2 Å². The van der Waals surface area contributed by atoms with E-state index in [0.717, 1.165) is 31.0 Å². The molecule has 126 valence electrons. The minimum Gasteiger partial charge on any atom is -0.371 e. The molecule has 0 aromatic carbocycles. The molecule has 0 saturated carbocycles. The van der Waals surface area contributed by atoms with Crippen molar-refractivity contribution in [3.63, 3.8) is 0 Å². The minimum atomic E-state index is -0.0454. The van der Waals surface area contributed by atoms with Crippen LogP contribution in [-0.4, -0.2) is 50.6 Å². The van der Waals surface area contributed by atoms with E-state index in [1.807, 2.05) is 34.9 Å². The molecule has 2 aliphatic heterocycles. The van der Waals surface area contributed by atoms with E-state index in [1.54, 1.807) is 19.2 Å². The average molecular weight is 345 g/mol. The Morgan fingerprint density at radius 1 is 1.50 bits per heavy atom. The molecule has 0 bridgehead atoms. The van der Waals surface area contributed by atoms with Crippen LogP contribution in [0.15, 0.2) is 35.0 Å². The summed E-state index contributed by atoms with van der Waals surface area (Å²) in [5, 5.41) is 3.81. The standard InChI is InChI=1S/C17H19N3O3S/c1-12-6-15(19-23-12)16(21)20-10-17(11-20)7-14(9-24-17)22-8-13-4-2-3-5-18-13/h2-6,14H,7-11H2,1H3. The predicted molar refractivity (Wildman–Crippen MR) is 89.8 cm³/mol. The summed E-state index contributed by atoms with van der Waals surface area (Å²) in [7, 11) is 0. The monoisotopic (exact) mass is 345 g/mol. The molecule has 24 heavy (non-hydrogen) atoms. The lowest BCUT2D eigenvalue weighted by Crippen LogP contribution is -2.60. The van der Waals surface area contributed by atoms with Crippen molar-refractivity contribution in [2.45, 2.75) is 30.8 Å². The third-order valence-electron chi connectivity index (χ3n) is 4.46. The van der Waals surface area contributed by atoms with E-state index in [0.29, 0.717) is 18.1 Å². The smallest absolute Gasteiger partial charge is 0.276 e. The first-order valence-electron chi connectivity index (χ1n) is 8.02. The number of rotatable bonds is 4. The van der Waals surface area contributed by atoms with Gasteiger partial charge in [0.15, 0.2) is 5.69 Å². The number of nitrogens with zero attached hydrogens (tertiary/aromatic N) is 3. The van der Waals surface area contributed by atoms with Gasteiger partial charge in [0, 0.05) is 31.1 Å². The average Bonchev–Trinajstić information content (AvgIpc) is 3.18. The lowest BCUT2D eigenvalue weighted by Gasteiger charge is -2.47. The van der Waals surface area contributed by atoms with Crippen molar-refractivity contribution in [1.82, 2.24) is 15.0 Å². The number of pyridine rings is 1. The highest BCUT2D eigenvalue weighted by Crippen LogP contribution is 2.46. The van der Waals surface area contributed by atoms with Crippen molar-refractivity contribution in [2.24, 2.45) is 0 Å². The van der Waals surface area contributed by atoms with E-state index in [1.165, 1.54) is 0 Å². The van der Waals surface area contributed by atoms with Crippen LogP contribution in [0, 0.1) is 6.92 Å². The topological polar surface area (TPSA) is 68.5 Å². The van der Waals surface area contributed by atoms with Crippen molar-refractivity contribution in [3.05, 3.63) is 47.6 Å². The highest BCUT2D eigenvalue weighted by atomic mass is 32.2. The summed E-state index contributed by atoms with van der Waals surface area (Å²) >= 11 is 1.91. The van der Waals surface area contributed by atoms with Gasteiger partial charge in [-0.1, -0.05) is 11.2 Å². The number of aryl methyl sites for hydroxylation is 1. The van der Waals surface area contributed by atoms with Crippen LogP contribution in [0.2, 0.25) is 0 Å². The summed E-state index contributed by atoms with van der Waals surface area (Å²) in [4.78, 5) is 18.4. The van der Waals surface area contributed by atoms with E-state index in [4.69, 9.17) is 9.26 Å². The van der Waals surface area contributed by atoms with Gasteiger partial charge >= 0.3 is 0 Å². The van der Waals surface area contributed by atoms with E-state index in [9.17, 15) is 4.79 Å². The number of ether oxygens (including phenoxy) is 1. The van der Waals surface area contributed by atoms with Crippen LogP contribution in [-0.2, 0) is 11.3 Å². The number of thioether (sulfide) groups is 1. The molecule has 2 saturated heterocycles. The van der Waals surface area contributed by atoms with Gasteiger partial charge in [0.1, 0.15) is 5.76 Å². The number of hydrogen-bond donors (Lipinski definition) is 0. The first kappa shape index (κ1) is 15.7. The summed E-state index contributed by atoms with van der Waals surface area (Å²) in [6.07, 6.45) is 2.99. The SMILES string of the molecule is Cc1cc(C(=O)N2CC3(CC(OCc4ccccn4)CS3)C2)no1. The van der Waals surface area contributed by atoms with Crippen LogP contribution in [0.3, 0.4) is 0 Å². The number of carbonyl (C=O) groups excluding carboxylic acids is 1. The molecule has 2 fully saturated rings. The van der Waals surface area contributed by atoms with Crippen molar-refractivity contribution in [1.29, 1.82) is 0 Å². The molecule has 1 amide bonds.